The number of aliphatic hydroxyl groups is 1. The van der Waals surface area contributed by atoms with E-state index >= 15 is 0 Å². The van der Waals surface area contributed by atoms with Crippen LogP contribution in [0.25, 0.3) is 0 Å². The number of amides is 2. The number of benzene rings is 1. The van der Waals surface area contributed by atoms with E-state index in [1.54, 1.807) is 0 Å². The van der Waals surface area contributed by atoms with Gasteiger partial charge in [0.15, 0.2) is 0 Å². The largest absolute Gasteiger partial charge is 0.391 e. The van der Waals surface area contributed by atoms with Crippen LogP contribution in [0.2, 0.25) is 0 Å². The van der Waals surface area contributed by atoms with Gasteiger partial charge >= 0.3 is 6.03 Å². The molecule has 1 saturated carbocycles. The zero-order valence-corrected chi connectivity index (χ0v) is 12.1. The summed E-state index contributed by atoms with van der Waals surface area (Å²) < 4.78 is 0. The quantitative estimate of drug-likeness (QED) is 0.791. The predicted octanol–water partition coefficient (Wildman–Crippen LogP) is 3.06. The minimum atomic E-state index is -0.432. The van der Waals surface area contributed by atoms with Gasteiger partial charge in [0, 0.05) is 12.2 Å². The number of urea groups is 1. The molecule has 0 unspecified atom stereocenters. The van der Waals surface area contributed by atoms with Crippen molar-refractivity contribution in [1.82, 2.24) is 5.32 Å². The average molecular weight is 276 g/mol. The fraction of sp³-hybridized carbons (Fsp3) is 0.562. The second-order valence-electron chi connectivity index (χ2n) is 5.67. The minimum Gasteiger partial charge on any atom is -0.391 e. The Labute approximate surface area is 120 Å². The summed E-state index contributed by atoms with van der Waals surface area (Å²) >= 11 is 0. The summed E-state index contributed by atoms with van der Waals surface area (Å²) in [5.74, 6) is 0.336. The molecule has 1 aromatic carbocycles. The van der Waals surface area contributed by atoms with E-state index in [0.717, 1.165) is 24.1 Å². The van der Waals surface area contributed by atoms with Crippen molar-refractivity contribution in [3.05, 3.63) is 29.8 Å². The highest BCUT2D eigenvalue weighted by molar-refractivity contribution is 5.89. The molecule has 0 spiro atoms. The molecule has 20 heavy (non-hydrogen) atoms. The SMILES string of the molecule is Cc1cccc(NC(=O)NC[C@@H](O)C2CCCCC2)c1. The molecule has 1 aliphatic rings. The van der Waals surface area contributed by atoms with Crippen molar-refractivity contribution in [3.63, 3.8) is 0 Å². The van der Waals surface area contributed by atoms with Crippen LogP contribution in [0.5, 0.6) is 0 Å². The van der Waals surface area contributed by atoms with E-state index in [1.807, 2.05) is 31.2 Å². The first-order chi connectivity index (χ1) is 9.65. The summed E-state index contributed by atoms with van der Waals surface area (Å²) in [5.41, 5.74) is 1.87. The first-order valence-corrected chi connectivity index (χ1v) is 7.45. The number of carbonyl (C=O) groups is 1. The van der Waals surface area contributed by atoms with E-state index in [1.165, 1.54) is 19.3 Å². The number of aryl methyl sites for hydroxylation is 1. The zero-order chi connectivity index (χ0) is 14.4. The second kappa shape index (κ2) is 7.29. The molecule has 1 atom stereocenters. The van der Waals surface area contributed by atoms with Crippen molar-refractivity contribution in [2.24, 2.45) is 5.92 Å². The molecule has 1 aliphatic carbocycles. The molecule has 2 rings (SSSR count). The van der Waals surface area contributed by atoms with Crippen LogP contribution >= 0.6 is 0 Å². The highest BCUT2D eigenvalue weighted by Gasteiger charge is 2.21. The Balaban J connectivity index is 1.74. The lowest BCUT2D eigenvalue weighted by Gasteiger charge is -2.26. The van der Waals surface area contributed by atoms with Crippen molar-refractivity contribution >= 4 is 11.7 Å². The molecule has 0 radical (unpaired) electrons. The van der Waals surface area contributed by atoms with Crippen LogP contribution in [-0.4, -0.2) is 23.8 Å². The van der Waals surface area contributed by atoms with E-state index in [0.29, 0.717) is 12.5 Å². The van der Waals surface area contributed by atoms with Gasteiger partial charge < -0.3 is 15.7 Å². The Morgan fingerprint density at radius 1 is 1.35 bits per heavy atom. The van der Waals surface area contributed by atoms with Crippen LogP contribution in [0.1, 0.15) is 37.7 Å². The lowest BCUT2D eigenvalue weighted by molar-refractivity contribution is 0.0863. The van der Waals surface area contributed by atoms with Gasteiger partial charge in [-0.05, 0) is 43.4 Å². The lowest BCUT2D eigenvalue weighted by Crippen LogP contribution is -2.39. The number of aliphatic hydroxyl groups excluding tert-OH is 1. The first kappa shape index (κ1) is 14.9. The second-order valence-corrected chi connectivity index (χ2v) is 5.67. The summed E-state index contributed by atoms with van der Waals surface area (Å²) in [6, 6.07) is 7.39. The van der Waals surface area contributed by atoms with Crippen LogP contribution in [0.4, 0.5) is 10.5 Å². The molecule has 0 saturated heterocycles. The van der Waals surface area contributed by atoms with Gasteiger partial charge in [-0.15, -0.1) is 0 Å². The smallest absolute Gasteiger partial charge is 0.319 e. The summed E-state index contributed by atoms with van der Waals surface area (Å²) in [4.78, 5) is 11.8. The molecule has 2 amide bonds. The van der Waals surface area contributed by atoms with Crippen LogP contribution in [0.15, 0.2) is 24.3 Å². The molecular weight excluding hydrogens is 252 g/mol. The normalized spacial score (nSPS) is 17.5. The fourth-order valence-electron chi connectivity index (χ4n) is 2.78. The van der Waals surface area contributed by atoms with Gasteiger partial charge in [-0.25, -0.2) is 4.79 Å². The monoisotopic (exact) mass is 276 g/mol. The lowest BCUT2D eigenvalue weighted by atomic mass is 9.85. The summed E-state index contributed by atoms with van der Waals surface area (Å²) in [7, 11) is 0. The standard InChI is InChI=1S/C16H24N2O2/c1-12-6-5-9-14(10-12)18-16(20)17-11-15(19)13-7-3-2-4-8-13/h5-6,9-10,13,15,19H,2-4,7-8,11H2,1H3,(H2,17,18,20)/t15-/m1/s1. The van der Waals surface area contributed by atoms with Crippen LogP contribution in [0, 0.1) is 12.8 Å². The fourth-order valence-corrected chi connectivity index (χ4v) is 2.78. The van der Waals surface area contributed by atoms with Gasteiger partial charge in [0.05, 0.1) is 6.10 Å². The van der Waals surface area contributed by atoms with Crippen LogP contribution in [0.3, 0.4) is 0 Å². The summed E-state index contributed by atoms with van der Waals surface area (Å²) in [6.07, 6.45) is 5.36. The number of rotatable bonds is 4. The molecule has 1 aromatic rings. The van der Waals surface area contributed by atoms with Gasteiger partial charge in [0.1, 0.15) is 0 Å². The molecule has 4 nitrogen and oxygen atoms in total. The first-order valence-electron chi connectivity index (χ1n) is 7.45. The third-order valence-electron chi connectivity index (χ3n) is 3.94. The third kappa shape index (κ3) is 4.53. The Bertz CT molecular complexity index is 442. The number of anilines is 1. The van der Waals surface area contributed by atoms with Gasteiger partial charge in [-0.1, -0.05) is 31.4 Å². The Morgan fingerprint density at radius 3 is 2.80 bits per heavy atom. The molecular formula is C16H24N2O2. The van der Waals surface area contributed by atoms with Gasteiger partial charge in [-0.3, -0.25) is 0 Å². The maximum Gasteiger partial charge on any atom is 0.319 e. The molecule has 1 fully saturated rings. The van der Waals surface area contributed by atoms with Crippen molar-refractivity contribution < 1.29 is 9.90 Å². The zero-order valence-electron chi connectivity index (χ0n) is 12.1. The molecule has 0 heterocycles. The number of nitrogens with one attached hydrogen (secondary N) is 2. The van der Waals surface area contributed by atoms with Crippen molar-refractivity contribution in [3.8, 4) is 0 Å². The summed E-state index contributed by atoms with van der Waals surface area (Å²) in [5, 5.41) is 15.6. The van der Waals surface area contributed by atoms with Crippen molar-refractivity contribution in [2.45, 2.75) is 45.1 Å². The highest BCUT2D eigenvalue weighted by atomic mass is 16.3. The van der Waals surface area contributed by atoms with Gasteiger partial charge in [-0.2, -0.15) is 0 Å². The molecule has 110 valence electrons. The predicted molar refractivity (Wildman–Crippen MR) is 80.8 cm³/mol. The van der Waals surface area contributed by atoms with E-state index in [9.17, 15) is 9.90 Å². The van der Waals surface area contributed by atoms with E-state index in [2.05, 4.69) is 10.6 Å². The van der Waals surface area contributed by atoms with Gasteiger partial charge in [0.2, 0.25) is 0 Å². The number of hydrogen-bond donors (Lipinski definition) is 3. The van der Waals surface area contributed by atoms with Crippen LogP contribution < -0.4 is 10.6 Å². The molecule has 0 aliphatic heterocycles. The molecule has 4 heteroatoms. The average Bonchev–Trinajstić information content (AvgIpc) is 2.46. The Kier molecular flexibility index (Phi) is 5.41. The Hall–Kier alpha value is -1.55. The number of hydrogen-bond acceptors (Lipinski definition) is 2. The minimum absolute atomic E-state index is 0.259. The van der Waals surface area contributed by atoms with Crippen LogP contribution in [-0.2, 0) is 0 Å². The topological polar surface area (TPSA) is 61.4 Å². The Morgan fingerprint density at radius 2 is 2.10 bits per heavy atom. The number of carbonyl (C=O) groups excluding carboxylic acids is 1. The molecule has 0 bridgehead atoms. The van der Waals surface area contributed by atoms with E-state index < -0.39 is 6.10 Å². The molecule has 3 N–H and O–H groups in total. The highest BCUT2D eigenvalue weighted by Crippen LogP contribution is 2.26. The maximum absolute atomic E-state index is 11.8. The summed E-state index contributed by atoms with van der Waals surface area (Å²) in [6.45, 7) is 2.30. The van der Waals surface area contributed by atoms with Crippen molar-refractivity contribution in [2.75, 3.05) is 11.9 Å². The molecule has 0 aromatic heterocycles. The third-order valence-corrected chi connectivity index (χ3v) is 3.94. The van der Waals surface area contributed by atoms with Crippen molar-refractivity contribution in [1.29, 1.82) is 0 Å². The van der Waals surface area contributed by atoms with Gasteiger partial charge in [0.25, 0.3) is 0 Å². The van der Waals surface area contributed by atoms with E-state index in [-0.39, 0.29) is 6.03 Å². The van der Waals surface area contributed by atoms with E-state index in [4.69, 9.17) is 0 Å². The maximum atomic E-state index is 11.8.